The molecule has 1 heterocycles. The first-order valence-corrected chi connectivity index (χ1v) is 14.5. The van der Waals surface area contributed by atoms with Gasteiger partial charge in [-0.25, -0.2) is 0 Å². The van der Waals surface area contributed by atoms with Gasteiger partial charge in [-0.1, -0.05) is 25.3 Å². The fourth-order valence-electron chi connectivity index (χ4n) is 8.66. The van der Waals surface area contributed by atoms with Crippen molar-refractivity contribution in [2.45, 2.75) is 81.5 Å². The highest BCUT2D eigenvalue weighted by molar-refractivity contribution is 5.99. The minimum Gasteiger partial charge on any atom is -0.497 e. The quantitative estimate of drug-likeness (QED) is 0.547. The number of ketones is 1. The molecule has 3 fully saturated rings. The van der Waals surface area contributed by atoms with Crippen LogP contribution in [0.15, 0.2) is 30.3 Å². The maximum Gasteiger partial charge on any atom is 0.255 e. The van der Waals surface area contributed by atoms with Crippen LogP contribution in [-0.4, -0.2) is 42.7 Å². The van der Waals surface area contributed by atoms with Gasteiger partial charge in [-0.2, -0.15) is 0 Å². The molecule has 4 aliphatic carbocycles. The molecule has 7 nitrogen and oxygen atoms in total. The summed E-state index contributed by atoms with van der Waals surface area (Å²) in [7, 11) is 3.19. The number of hydrogen-bond donors (Lipinski definition) is 2. The number of benzene rings is 2. The maximum absolute atomic E-state index is 13.6. The molecule has 2 aromatic rings. The van der Waals surface area contributed by atoms with Gasteiger partial charge in [0.05, 0.1) is 30.8 Å². The Hall–Kier alpha value is -3.06. The van der Waals surface area contributed by atoms with Crippen molar-refractivity contribution in [3.05, 3.63) is 52.6 Å². The van der Waals surface area contributed by atoms with Crippen LogP contribution in [0.3, 0.4) is 0 Å². The highest BCUT2D eigenvalue weighted by Gasteiger charge is 2.73. The summed E-state index contributed by atoms with van der Waals surface area (Å²) in [6.07, 6.45) is 7.74. The zero-order chi connectivity index (χ0) is 26.9. The van der Waals surface area contributed by atoms with Gasteiger partial charge in [0.2, 0.25) is 0 Å². The summed E-state index contributed by atoms with van der Waals surface area (Å²) in [4.78, 5) is 26.9. The van der Waals surface area contributed by atoms with Crippen molar-refractivity contribution < 1.29 is 28.9 Å². The zero-order valence-corrected chi connectivity index (χ0v) is 22.8. The number of ether oxygens (including phenoxy) is 3. The Balaban J connectivity index is 1.23. The first-order chi connectivity index (χ1) is 18.9. The van der Waals surface area contributed by atoms with Gasteiger partial charge in [0.15, 0.2) is 11.9 Å². The van der Waals surface area contributed by atoms with E-state index in [1.807, 2.05) is 24.3 Å². The lowest BCUT2D eigenvalue weighted by atomic mass is 9.43. The predicted octanol–water partition coefficient (Wildman–Crippen LogP) is 4.50. The predicted molar refractivity (Wildman–Crippen MR) is 144 cm³/mol. The van der Waals surface area contributed by atoms with Gasteiger partial charge in [-0.05, 0) is 73.6 Å². The number of aliphatic hydroxyl groups is 1. The van der Waals surface area contributed by atoms with Crippen LogP contribution in [0.25, 0.3) is 0 Å². The molecule has 2 aromatic carbocycles. The fourth-order valence-corrected chi connectivity index (χ4v) is 8.66. The van der Waals surface area contributed by atoms with E-state index < -0.39 is 17.1 Å². The summed E-state index contributed by atoms with van der Waals surface area (Å²) in [6.45, 7) is 0.269. The highest BCUT2D eigenvalue weighted by Crippen LogP contribution is 2.67. The summed E-state index contributed by atoms with van der Waals surface area (Å²) < 4.78 is 17.2. The van der Waals surface area contributed by atoms with E-state index in [9.17, 15) is 14.7 Å². The molecule has 2 N–H and O–H groups in total. The summed E-state index contributed by atoms with van der Waals surface area (Å²) in [5.41, 5.74) is 1.60. The molecule has 1 aliphatic heterocycles. The van der Waals surface area contributed by atoms with Crippen molar-refractivity contribution in [2.75, 3.05) is 14.2 Å². The van der Waals surface area contributed by atoms with Gasteiger partial charge in [0.25, 0.3) is 5.91 Å². The molecule has 206 valence electrons. The van der Waals surface area contributed by atoms with E-state index >= 15 is 0 Å². The Morgan fingerprint density at radius 1 is 1.13 bits per heavy atom. The van der Waals surface area contributed by atoms with E-state index in [1.54, 1.807) is 20.3 Å². The number of carbonyl (C=O) groups is 2. The van der Waals surface area contributed by atoms with Crippen molar-refractivity contribution in [1.29, 1.82) is 0 Å². The average Bonchev–Trinajstić information content (AvgIpc) is 3.28. The standard InChI is InChI=1S/C32H37NO6/c1-37-22-8-6-21(26(16-22)38-2)17-33-30(35)23-9-7-20-15-24-19(14-18-4-3-5-18)10-12-31-27(20)28(23)39-29(31)25(34)11-13-32(24,31)36/h6-9,16,18-19,24,29,36H,3-5,10-15,17H2,1-2H3,(H,33,35)/t19?,24-,29-,31-,32+/m0/s1. The lowest BCUT2D eigenvalue weighted by Gasteiger charge is -2.62. The van der Waals surface area contributed by atoms with Crippen LogP contribution in [0.2, 0.25) is 0 Å². The summed E-state index contributed by atoms with van der Waals surface area (Å²) >= 11 is 0. The highest BCUT2D eigenvalue weighted by atomic mass is 16.5. The number of Topliss-reactive ketones (excluding diaryl/α,β-unsaturated/α-hetero) is 1. The number of amides is 1. The van der Waals surface area contributed by atoms with E-state index in [4.69, 9.17) is 14.2 Å². The molecule has 7 heteroatoms. The second-order valence-corrected chi connectivity index (χ2v) is 12.3. The largest absolute Gasteiger partial charge is 0.497 e. The smallest absolute Gasteiger partial charge is 0.255 e. The van der Waals surface area contributed by atoms with Crippen LogP contribution in [-0.2, 0) is 23.2 Å². The number of carbonyl (C=O) groups excluding carboxylic acids is 2. The molecule has 1 amide bonds. The van der Waals surface area contributed by atoms with E-state index in [0.717, 1.165) is 41.9 Å². The molecule has 1 unspecified atom stereocenters. The molecule has 2 bridgehead atoms. The van der Waals surface area contributed by atoms with Gasteiger partial charge < -0.3 is 24.6 Å². The minimum atomic E-state index is -0.970. The van der Waals surface area contributed by atoms with Crippen LogP contribution in [0.4, 0.5) is 0 Å². The second-order valence-electron chi connectivity index (χ2n) is 12.3. The first-order valence-electron chi connectivity index (χ1n) is 14.5. The van der Waals surface area contributed by atoms with Crippen LogP contribution in [0.5, 0.6) is 17.2 Å². The molecular weight excluding hydrogens is 494 g/mol. The SMILES string of the molecule is COc1ccc(CNC(=O)c2ccc3c4c2O[C@H]2C(=O)CC[C@@]5(O)[C@@H](C3)C(CC3CCC3)CC[C@]425)c(OC)c1. The number of hydrogen-bond acceptors (Lipinski definition) is 6. The van der Waals surface area contributed by atoms with E-state index in [1.165, 1.54) is 25.7 Å². The van der Waals surface area contributed by atoms with Crippen LogP contribution in [0, 0.1) is 17.8 Å². The van der Waals surface area contributed by atoms with Crippen molar-refractivity contribution in [1.82, 2.24) is 5.32 Å². The van der Waals surface area contributed by atoms with Crippen LogP contribution < -0.4 is 19.5 Å². The van der Waals surface area contributed by atoms with E-state index in [0.29, 0.717) is 41.6 Å². The Kier molecular flexibility index (Phi) is 5.74. The molecule has 0 aromatic heterocycles. The molecule has 0 saturated heterocycles. The molecule has 7 rings (SSSR count). The van der Waals surface area contributed by atoms with Crippen molar-refractivity contribution >= 4 is 11.7 Å². The third-order valence-electron chi connectivity index (χ3n) is 10.8. The lowest BCUT2D eigenvalue weighted by Crippen LogP contribution is -2.71. The van der Waals surface area contributed by atoms with Crippen LogP contribution in [0.1, 0.15) is 78.4 Å². The zero-order valence-electron chi connectivity index (χ0n) is 22.8. The summed E-state index contributed by atoms with van der Waals surface area (Å²) in [5.74, 6) is 2.98. The number of methoxy groups -OCH3 is 2. The molecule has 1 spiro atoms. The fraction of sp³-hybridized carbons (Fsp3) is 0.562. The normalized spacial score (nSPS) is 32.1. The topological polar surface area (TPSA) is 94.1 Å². The second kappa shape index (κ2) is 8.98. The van der Waals surface area contributed by atoms with Crippen molar-refractivity contribution in [2.24, 2.45) is 17.8 Å². The monoisotopic (exact) mass is 531 g/mol. The Bertz CT molecular complexity index is 1350. The summed E-state index contributed by atoms with van der Waals surface area (Å²) in [6, 6.07) is 9.38. The average molecular weight is 532 g/mol. The Morgan fingerprint density at radius 3 is 2.72 bits per heavy atom. The van der Waals surface area contributed by atoms with E-state index in [2.05, 4.69) is 5.32 Å². The maximum atomic E-state index is 13.6. The molecule has 39 heavy (non-hydrogen) atoms. The minimum absolute atomic E-state index is 0.0502. The Morgan fingerprint density at radius 2 is 1.97 bits per heavy atom. The van der Waals surface area contributed by atoms with Crippen molar-refractivity contribution in [3.63, 3.8) is 0 Å². The Labute approximate surface area is 229 Å². The first kappa shape index (κ1) is 24.9. The van der Waals surface area contributed by atoms with Crippen LogP contribution >= 0.6 is 0 Å². The van der Waals surface area contributed by atoms with Crippen molar-refractivity contribution in [3.8, 4) is 17.2 Å². The third-order valence-corrected chi connectivity index (χ3v) is 10.8. The van der Waals surface area contributed by atoms with Gasteiger partial charge in [-0.15, -0.1) is 0 Å². The van der Waals surface area contributed by atoms with Gasteiger partial charge >= 0.3 is 0 Å². The molecule has 3 saturated carbocycles. The van der Waals surface area contributed by atoms with Gasteiger partial charge in [-0.3, -0.25) is 9.59 Å². The number of rotatable bonds is 7. The van der Waals surface area contributed by atoms with Gasteiger partial charge in [0, 0.05) is 30.2 Å². The summed E-state index contributed by atoms with van der Waals surface area (Å²) in [5, 5.41) is 15.5. The lowest BCUT2D eigenvalue weighted by molar-refractivity contribution is -0.190. The third kappa shape index (κ3) is 3.44. The molecule has 5 atom stereocenters. The molecular formula is C32H37NO6. The van der Waals surface area contributed by atoms with E-state index in [-0.39, 0.29) is 24.2 Å². The molecule has 5 aliphatic rings. The number of nitrogens with one attached hydrogen (secondary N) is 1. The van der Waals surface area contributed by atoms with Gasteiger partial charge in [0.1, 0.15) is 17.2 Å². The molecule has 0 radical (unpaired) electrons.